The van der Waals surface area contributed by atoms with Gasteiger partial charge in [0.15, 0.2) is 5.82 Å². The Labute approximate surface area is 160 Å². The van der Waals surface area contributed by atoms with E-state index < -0.39 is 0 Å². The third-order valence-electron chi connectivity index (χ3n) is 6.12. The highest BCUT2D eigenvalue weighted by molar-refractivity contribution is 5.58. The number of rotatable bonds is 4. The zero-order chi connectivity index (χ0) is 18.1. The number of ether oxygens (including phenoxy) is 1. The molecule has 27 heavy (non-hydrogen) atoms. The molecule has 5 rings (SSSR count). The standard InChI is InChI=1S/C21H27N5O/c1-2-10-22-19(5-1)21-24-18-6-3-4-17(18)20(25-21)23-15-7-11-26(12-8-15)16-9-13-27-14-16/h1-2,5,10,15-16H,3-4,6-9,11-14H2,(H,23,24,25). The summed E-state index contributed by atoms with van der Waals surface area (Å²) in [4.78, 5) is 16.7. The first kappa shape index (κ1) is 17.1. The predicted octanol–water partition coefficient (Wildman–Crippen LogP) is 2.69. The van der Waals surface area contributed by atoms with Crippen LogP contribution in [0.1, 0.15) is 36.9 Å². The maximum atomic E-state index is 5.56. The van der Waals surface area contributed by atoms with E-state index in [1.54, 1.807) is 0 Å². The SMILES string of the molecule is c1ccc(-c2nc3c(c(NC4CCN(C5CCOC5)CC4)n2)CCC3)nc1. The van der Waals surface area contributed by atoms with Gasteiger partial charge in [-0.15, -0.1) is 0 Å². The summed E-state index contributed by atoms with van der Waals surface area (Å²) in [5, 5.41) is 3.77. The molecule has 6 heteroatoms. The summed E-state index contributed by atoms with van der Waals surface area (Å²) in [6.45, 7) is 4.12. The van der Waals surface area contributed by atoms with Gasteiger partial charge in [-0.2, -0.15) is 0 Å². The minimum atomic E-state index is 0.486. The summed E-state index contributed by atoms with van der Waals surface area (Å²) >= 11 is 0. The van der Waals surface area contributed by atoms with Gasteiger partial charge in [0, 0.05) is 49.2 Å². The summed E-state index contributed by atoms with van der Waals surface area (Å²) in [5.41, 5.74) is 3.38. The van der Waals surface area contributed by atoms with Gasteiger partial charge >= 0.3 is 0 Å². The number of aryl methyl sites for hydroxylation is 1. The molecule has 1 aliphatic carbocycles. The molecule has 0 radical (unpaired) electrons. The zero-order valence-corrected chi connectivity index (χ0v) is 15.7. The molecule has 142 valence electrons. The number of hydrogen-bond acceptors (Lipinski definition) is 6. The largest absolute Gasteiger partial charge is 0.380 e. The molecule has 2 aliphatic heterocycles. The third kappa shape index (κ3) is 3.56. The summed E-state index contributed by atoms with van der Waals surface area (Å²) in [5.74, 6) is 1.79. The minimum Gasteiger partial charge on any atom is -0.380 e. The normalized spacial score (nSPS) is 23.5. The highest BCUT2D eigenvalue weighted by Crippen LogP contribution is 2.30. The molecule has 4 heterocycles. The quantitative estimate of drug-likeness (QED) is 0.899. The fourth-order valence-corrected chi connectivity index (χ4v) is 4.57. The lowest BCUT2D eigenvalue weighted by Crippen LogP contribution is -2.45. The van der Waals surface area contributed by atoms with E-state index in [9.17, 15) is 0 Å². The van der Waals surface area contributed by atoms with Crippen LogP contribution in [-0.2, 0) is 17.6 Å². The van der Waals surface area contributed by atoms with Crippen molar-refractivity contribution in [2.45, 2.75) is 50.6 Å². The third-order valence-corrected chi connectivity index (χ3v) is 6.12. The molecular formula is C21H27N5O. The van der Waals surface area contributed by atoms with Crippen molar-refractivity contribution in [3.05, 3.63) is 35.7 Å². The maximum Gasteiger partial charge on any atom is 0.180 e. The molecule has 2 fully saturated rings. The first-order valence-corrected chi connectivity index (χ1v) is 10.3. The Balaban J connectivity index is 1.32. The van der Waals surface area contributed by atoms with Crippen molar-refractivity contribution in [1.29, 1.82) is 0 Å². The molecule has 0 bridgehead atoms. The Morgan fingerprint density at radius 2 is 2.00 bits per heavy atom. The van der Waals surface area contributed by atoms with E-state index in [1.807, 2.05) is 24.4 Å². The monoisotopic (exact) mass is 365 g/mol. The molecule has 2 saturated heterocycles. The van der Waals surface area contributed by atoms with Gasteiger partial charge in [0.1, 0.15) is 11.5 Å². The van der Waals surface area contributed by atoms with Crippen LogP contribution in [0.2, 0.25) is 0 Å². The molecule has 1 atom stereocenters. The second kappa shape index (κ2) is 7.52. The molecule has 6 nitrogen and oxygen atoms in total. The molecule has 2 aromatic rings. The molecule has 1 unspecified atom stereocenters. The van der Waals surface area contributed by atoms with Gasteiger partial charge in [0.2, 0.25) is 0 Å². The lowest BCUT2D eigenvalue weighted by atomic mass is 10.0. The van der Waals surface area contributed by atoms with Crippen LogP contribution >= 0.6 is 0 Å². The number of pyridine rings is 1. The molecule has 0 amide bonds. The second-order valence-corrected chi connectivity index (χ2v) is 7.86. The van der Waals surface area contributed by atoms with Crippen molar-refractivity contribution in [1.82, 2.24) is 19.9 Å². The molecule has 2 aromatic heterocycles. The smallest absolute Gasteiger partial charge is 0.180 e. The molecule has 1 N–H and O–H groups in total. The molecule has 0 spiro atoms. The van der Waals surface area contributed by atoms with Crippen LogP contribution in [0.3, 0.4) is 0 Å². The van der Waals surface area contributed by atoms with E-state index in [4.69, 9.17) is 14.7 Å². The topological polar surface area (TPSA) is 63.2 Å². The fraction of sp³-hybridized carbons (Fsp3) is 0.571. The van der Waals surface area contributed by atoms with Crippen LogP contribution in [0.5, 0.6) is 0 Å². The predicted molar refractivity (Wildman–Crippen MR) is 105 cm³/mol. The Bertz CT molecular complexity index is 783. The van der Waals surface area contributed by atoms with Crippen LogP contribution < -0.4 is 5.32 Å². The van der Waals surface area contributed by atoms with Gasteiger partial charge < -0.3 is 10.1 Å². The van der Waals surface area contributed by atoms with Gasteiger partial charge in [0.25, 0.3) is 0 Å². The molecule has 0 saturated carbocycles. The van der Waals surface area contributed by atoms with Gasteiger partial charge in [-0.3, -0.25) is 9.88 Å². The van der Waals surface area contributed by atoms with E-state index in [2.05, 4.69) is 15.2 Å². The summed E-state index contributed by atoms with van der Waals surface area (Å²) in [6.07, 6.45) is 8.62. The summed E-state index contributed by atoms with van der Waals surface area (Å²) < 4.78 is 5.56. The number of nitrogens with one attached hydrogen (secondary N) is 1. The Kier molecular flexibility index (Phi) is 4.76. The maximum absolute atomic E-state index is 5.56. The van der Waals surface area contributed by atoms with Crippen molar-refractivity contribution in [3.8, 4) is 11.5 Å². The average molecular weight is 365 g/mol. The van der Waals surface area contributed by atoms with E-state index >= 15 is 0 Å². The van der Waals surface area contributed by atoms with Crippen molar-refractivity contribution in [3.63, 3.8) is 0 Å². The van der Waals surface area contributed by atoms with Crippen LogP contribution in [0.15, 0.2) is 24.4 Å². The number of likely N-dealkylation sites (tertiary alicyclic amines) is 1. The van der Waals surface area contributed by atoms with E-state index in [0.29, 0.717) is 12.1 Å². The second-order valence-electron chi connectivity index (χ2n) is 7.86. The number of anilines is 1. The molecule has 0 aromatic carbocycles. The fourth-order valence-electron chi connectivity index (χ4n) is 4.57. The van der Waals surface area contributed by atoms with Crippen molar-refractivity contribution >= 4 is 5.82 Å². The Morgan fingerprint density at radius 3 is 2.78 bits per heavy atom. The van der Waals surface area contributed by atoms with Crippen LogP contribution in [0.4, 0.5) is 5.82 Å². The van der Waals surface area contributed by atoms with Crippen LogP contribution in [0.25, 0.3) is 11.5 Å². The summed E-state index contributed by atoms with van der Waals surface area (Å²) in [7, 11) is 0. The zero-order valence-electron chi connectivity index (χ0n) is 15.7. The Morgan fingerprint density at radius 1 is 1.07 bits per heavy atom. The van der Waals surface area contributed by atoms with Gasteiger partial charge in [-0.1, -0.05) is 6.07 Å². The number of piperidine rings is 1. The first-order valence-electron chi connectivity index (χ1n) is 10.3. The molecule has 3 aliphatic rings. The Hall–Kier alpha value is -2.05. The van der Waals surface area contributed by atoms with Crippen molar-refractivity contribution in [2.75, 3.05) is 31.6 Å². The van der Waals surface area contributed by atoms with Gasteiger partial charge in [0.05, 0.1) is 6.61 Å². The highest BCUT2D eigenvalue weighted by Gasteiger charge is 2.29. The molecular weight excluding hydrogens is 338 g/mol. The van der Waals surface area contributed by atoms with E-state index in [1.165, 1.54) is 24.1 Å². The number of nitrogens with zero attached hydrogens (tertiary/aromatic N) is 4. The minimum absolute atomic E-state index is 0.486. The first-order chi connectivity index (χ1) is 13.4. The van der Waals surface area contributed by atoms with Gasteiger partial charge in [-0.05, 0) is 50.7 Å². The number of aromatic nitrogens is 3. The van der Waals surface area contributed by atoms with E-state index in [-0.39, 0.29) is 0 Å². The lowest BCUT2D eigenvalue weighted by molar-refractivity contribution is 0.124. The average Bonchev–Trinajstić information content (AvgIpc) is 3.41. The highest BCUT2D eigenvalue weighted by atomic mass is 16.5. The van der Waals surface area contributed by atoms with Crippen LogP contribution in [0, 0.1) is 0 Å². The van der Waals surface area contributed by atoms with Crippen molar-refractivity contribution in [2.24, 2.45) is 0 Å². The summed E-state index contributed by atoms with van der Waals surface area (Å²) in [6, 6.07) is 7.03. The number of fused-ring (bicyclic) bond motifs is 1. The van der Waals surface area contributed by atoms with Crippen molar-refractivity contribution < 1.29 is 4.74 Å². The van der Waals surface area contributed by atoms with Crippen LogP contribution in [-0.4, -0.2) is 58.2 Å². The van der Waals surface area contributed by atoms with Gasteiger partial charge in [-0.25, -0.2) is 9.97 Å². The lowest BCUT2D eigenvalue weighted by Gasteiger charge is -2.36. The number of hydrogen-bond donors (Lipinski definition) is 1. The van der Waals surface area contributed by atoms with E-state index in [0.717, 1.165) is 69.3 Å².